The second-order valence-electron chi connectivity index (χ2n) is 4.27. The van der Waals surface area contributed by atoms with E-state index in [1.807, 2.05) is 52.8 Å². The van der Waals surface area contributed by atoms with Crippen molar-refractivity contribution in [3.8, 4) is 16.9 Å². The third-order valence-corrected chi connectivity index (χ3v) is 3.94. The molecular weight excluding hydrogens is 349 g/mol. The van der Waals surface area contributed by atoms with Crippen LogP contribution in [0.3, 0.4) is 0 Å². The number of aromatic nitrogens is 3. The molecule has 2 aromatic carbocycles. The normalized spacial score (nSPS) is 10.6. The smallest absolute Gasteiger partial charge is 0.131 e. The molecule has 0 amide bonds. The number of aryl methyl sites for hydroxylation is 1. The summed E-state index contributed by atoms with van der Waals surface area (Å²) in [6.45, 7) is 0. The summed E-state index contributed by atoms with van der Waals surface area (Å²) in [6, 6.07) is 20.5. The Morgan fingerprint density at radius 2 is 1.53 bits per heavy atom. The Kier molecular flexibility index (Phi) is 3.33. The number of hydrogen-bond donors (Lipinski definition) is 0. The maximum Gasteiger partial charge on any atom is 0.241 e. The molecule has 0 aliphatic rings. The molecule has 3 aromatic rings. The summed E-state index contributed by atoms with van der Waals surface area (Å²) in [6.07, 6.45) is 0. The van der Waals surface area contributed by atoms with Crippen LogP contribution in [0.5, 0.6) is 0 Å². The molecule has 0 atom stereocenters. The second kappa shape index (κ2) is 5.13. The second-order valence-corrected chi connectivity index (χ2v) is 5.29. The molecule has 1 aromatic heterocycles. The Hall–Kier alpha value is -1.69. The number of halogens is 1. The van der Waals surface area contributed by atoms with Crippen LogP contribution in [0.25, 0.3) is 16.9 Å². The van der Waals surface area contributed by atoms with Crippen LogP contribution in [0, 0.1) is 3.70 Å². The van der Waals surface area contributed by atoms with Crippen molar-refractivity contribution in [1.29, 1.82) is 0 Å². The highest BCUT2D eigenvalue weighted by Crippen LogP contribution is 2.22. The van der Waals surface area contributed by atoms with E-state index in [2.05, 4.69) is 52.1 Å². The lowest BCUT2D eigenvalue weighted by atomic mass is 10.2. The molecule has 3 nitrogen and oxygen atoms in total. The van der Waals surface area contributed by atoms with Gasteiger partial charge < -0.3 is 0 Å². The first kappa shape index (κ1) is 12.3. The summed E-state index contributed by atoms with van der Waals surface area (Å²) < 4.78 is 4.99. The van der Waals surface area contributed by atoms with Gasteiger partial charge in [0.1, 0.15) is 7.05 Å². The van der Waals surface area contributed by atoms with Gasteiger partial charge in [0.25, 0.3) is 0 Å². The molecule has 0 N–H and O–H groups in total. The van der Waals surface area contributed by atoms with Crippen LogP contribution >= 0.6 is 22.6 Å². The van der Waals surface area contributed by atoms with Crippen LogP contribution in [0.4, 0.5) is 0 Å². The lowest BCUT2D eigenvalue weighted by Gasteiger charge is -1.95. The Morgan fingerprint density at radius 1 is 0.947 bits per heavy atom. The van der Waals surface area contributed by atoms with Crippen LogP contribution in [-0.2, 0) is 7.05 Å². The van der Waals surface area contributed by atoms with E-state index in [0.29, 0.717) is 0 Å². The highest BCUT2D eigenvalue weighted by atomic mass is 127. The van der Waals surface area contributed by atoms with Crippen LogP contribution in [0.2, 0.25) is 0 Å². The standard InChI is InChI=1S/C15H13IN3/c1-18-14(12-8-4-2-5-9-12)15(16)19(17-18)13-10-6-3-7-11-13/h2-11H,1H3/q+1. The highest BCUT2D eigenvalue weighted by molar-refractivity contribution is 14.1. The van der Waals surface area contributed by atoms with Crippen molar-refractivity contribution < 1.29 is 4.68 Å². The minimum atomic E-state index is 1.07. The zero-order valence-electron chi connectivity index (χ0n) is 10.5. The molecule has 0 bridgehead atoms. The van der Waals surface area contributed by atoms with Crippen molar-refractivity contribution in [1.82, 2.24) is 9.90 Å². The first-order chi connectivity index (χ1) is 9.27. The van der Waals surface area contributed by atoms with Crippen molar-refractivity contribution in [2.24, 2.45) is 7.05 Å². The number of para-hydroxylation sites is 1. The molecule has 19 heavy (non-hydrogen) atoms. The van der Waals surface area contributed by atoms with Crippen LogP contribution in [0.1, 0.15) is 0 Å². The van der Waals surface area contributed by atoms with E-state index in [-0.39, 0.29) is 0 Å². The van der Waals surface area contributed by atoms with Crippen molar-refractivity contribution >= 4 is 22.6 Å². The van der Waals surface area contributed by atoms with E-state index in [1.165, 1.54) is 5.56 Å². The third kappa shape index (κ3) is 2.28. The predicted molar refractivity (Wildman–Crippen MR) is 82.9 cm³/mol. The quantitative estimate of drug-likeness (QED) is 0.508. The van der Waals surface area contributed by atoms with Crippen molar-refractivity contribution in [2.45, 2.75) is 0 Å². The van der Waals surface area contributed by atoms with Gasteiger partial charge in [-0.2, -0.15) is 0 Å². The number of nitrogens with zero attached hydrogens (tertiary/aromatic N) is 3. The Labute approximate surface area is 125 Å². The van der Waals surface area contributed by atoms with Crippen LogP contribution in [-0.4, -0.2) is 9.90 Å². The average molecular weight is 362 g/mol. The molecule has 0 aliphatic heterocycles. The first-order valence-corrected chi connectivity index (χ1v) is 7.11. The van der Waals surface area contributed by atoms with Gasteiger partial charge in [-0.25, -0.2) is 0 Å². The molecule has 1 heterocycles. The van der Waals surface area contributed by atoms with Gasteiger partial charge in [0.2, 0.25) is 9.39 Å². The summed E-state index contributed by atoms with van der Waals surface area (Å²) in [4.78, 5) is 0. The van der Waals surface area contributed by atoms with Gasteiger partial charge in [-0.1, -0.05) is 53.2 Å². The summed E-state index contributed by atoms with van der Waals surface area (Å²) in [7, 11) is 1.98. The molecule has 0 fully saturated rings. The number of hydrogen-bond acceptors (Lipinski definition) is 1. The molecule has 4 heteroatoms. The van der Waals surface area contributed by atoms with Gasteiger partial charge >= 0.3 is 0 Å². The van der Waals surface area contributed by atoms with E-state index < -0.39 is 0 Å². The van der Waals surface area contributed by atoms with E-state index in [1.54, 1.807) is 0 Å². The monoisotopic (exact) mass is 362 g/mol. The first-order valence-electron chi connectivity index (χ1n) is 6.03. The van der Waals surface area contributed by atoms with E-state index in [4.69, 9.17) is 0 Å². The number of rotatable bonds is 2. The largest absolute Gasteiger partial charge is 0.241 e. The fourth-order valence-corrected chi connectivity index (χ4v) is 3.12. The molecular formula is C15H13IN3+. The van der Waals surface area contributed by atoms with Crippen molar-refractivity contribution in [3.05, 3.63) is 64.4 Å². The summed E-state index contributed by atoms with van der Waals surface area (Å²) in [5, 5.41) is 4.58. The van der Waals surface area contributed by atoms with Gasteiger partial charge in [0, 0.05) is 28.2 Å². The van der Waals surface area contributed by atoms with Crippen LogP contribution in [0.15, 0.2) is 60.7 Å². The SMILES string of the molecule is C[n+]1nn(-c2ccccc2)c(I)c1-c1ccccc1. The molecule has 0 unspecified atom stereocenters. The van der Waals surface area contributed by atoms with Crippen molar-refractivity contribution in [2.75, 3.05) is 0 Å². The van der Waals surface area contributed by atoms with Gasteiger partial charge in [0.15, 0.2) is 5.69 Å². The maximum atomic E-state index is 4.58. The number of benzene rings is 2. The van der Waals surface area contributed by atoms with Crippen molar-refractivity contribution in [3.63, 3.8) is 0 Å². The fourth-order valence-electron chi connectivity index (χ4n) is 2.09. The summed E-state index contributed by atoms with van der Waals surface area (Å²) >= 11 is 2.35. The van der Waals surface area contributed by atoms with Gasteiger partial charge in [-0.05, 0) is 12.1 Å². The van der Waals surface area contributed by atoms with E-state index in [0.717, 1.165) is 15.1 Å². The minimum absolute atomic E-state index is 1.07. The minimum Gasteiger partial charge on any atom is -0.131 e. The van der Waals surface area contributed by atoms with E-state index >= 15 is 0 Å². The fraction of sp³-hybridized carbons (Fsp3) is 0.0667. The Morgan fingerprint density at radius 3 is 2.16 bits per heavy atom. The zero-order valence-corrected chi connectivity index (χ0v) is 12.7. The average Bonchev–Trinajstić information content (AvgIpc) is 2.76. The molecule has 0 radical (unpaired) electrons. The topological polar surface area (TPSA) is 21.7 Å². The summed E-state index contributed by atoms with van der Waals surface area (Å²) in [5.74, 6) is 0. The molecule has 94 valence electrons. The molecule has 0 saturated heterocycles. The molecule has 0 aliphatic carbocycles. The van der Waals surface area contributed by atoms with Gasteiger partial charge in [-0.3, -0.25) is 0 Å². The van der Waals surface area contributed by atoms with E-state index in [9.17, 15) is 0 Å². The Bertz CT molecular complexity index is 690. The maximum absolute atomic E-state index is 4.58. The van der Waals surface area contributed by atoms with Crippen LogP contribution < -0.4 is 4.68 Å². The highest BCUT2D eigenvalue weighted by Gasteiger charge is 2.23. The molecule has 0 spiro atoms. The molecule has 3 rings (SSSR count). The van der Waals surface area contributed by atoms with Gasteiger partial charge in [0.05, 0.1) is 5.21 Å². The molecule has 0 saturated carbocycles. The van der Waals surface area contributed by atoms with Gasteiger partial charge in [-0.15, -0.1) is 4.68 Å². The zero-order chi connectivity index (χ0) is 13.2. The third-order valence-electron chi connectivity index (χ3n) is 2.98. The predicted octanol–water partition coefficient (Wildman–Crippen LogP) is 2.97. The Balaban J connectivity index is 2.17. The lowest BCUT2D eigenvalue weighted by Crippen LogP contribution is -2.33. The lowest BCUT2D eigenvalue weighted by molar-refractivity contribution is -0.721. The summed E-state index contributed by atoms with van der Waals surface area (Å²) in [5.41, 5.74) is 3.38.